The van der Waals surface area contributed by atoms with E-state index in [1.807, 2.05) is 24.3 Å². The Morgan fingerprint density at radius 3 is 2.66 bits per heavy atom. The molecule has 2 fully saturated rings. The van der Waals surface area contributed by atoms with Gasteiger partial charge in [0.05, 0.1) is 36.6 Å². The molecule has 2 unspecified atom stereocenters. The number of aryl methyl sites for hydroxylation is 1. The Bertz CT molecular complexity index is 1460. The molecule has 1 saturated carbocycles. The van der Waals surface area contributed by atoms with Crippen molar-refractivity contribution < 1.29 is 17.9 Å². The molecule has 11 nitrogen and oxygen atoms in total. The molecule has 1 aromatic carbocycles. The lowest BCUT2D eigenvalue weighted by atomic mass is 10.1. The molecule has 2 aliphatic rings. The fourth-order valence-corrected chi connectivity index (χ4v) is 7.39. The number of ether oxygens (including phenoxy) is 1. The van der Waals surface area contributed by atoms with Crippen molar-refractivity contribution in [3.63, 3.8) is 0 Å². The van der Waals surface area contributed by atoms with Crippen molar-refractivity contribution in [1.82, 2.24) is 20.3 Å². The van der Waals surface area contributed by atoms with Gasteiger partial charge in [-0.1, -0.05) is 0 Å². The Morgan fingerprint density at radius 1 is 1.21 bits per heavy atom. The molecule has 13 heteroatoms. The van der Waals surface area contributed by atoms with Gasteiger partial charge in [-0.15, -0.1) is 11.3 Å². The maximum absolute atomic E-state index is 13.2. The highest BCUT2D eigenvalue weighted by Crippen LogP contribution is 2.48. The Balaban J connectivity index is 1.39. The lowest BCUT2D eigenvalue weighted by Crippen LogP contribution is -2.37. The van der Waals surface area contributed by atoms with Gasteiger partial charge in [-0.25, -0.2) is 28.2 Å². The summed E-state index contributed by atoms with van der Waals surface area (Å²) in [5.74, 6) is 0.992. The van der Waals surface area contributed by atoms with Crippen LogP contribution in [0.4, 0.5) is 16.3 Å². The molecule has 1 saturated heterocycles. The van der Waals surface area contributed by atoms with Crippen molar-refractivity contribution in [2.75, 3.05) is 43.1 Å². The number of nitriles is 1. The van der Waals surface area contributed by atoms with Crippen LogP contribution in [0.25, 0.3) is 11.4 Å². The molecule has 38 heavy (non-hydrogen) atoms. The third kappa shape index (κ3) is 5.77. The van der Waals surface area contributed by atoms with Crippen LogP contribution >= 0.6 is 11.3 Å². The minimum atomic E-state index is -3.53. The molecule has 2 aromatic heterocycles. The summed E-state index contributed by atoms with van der Waals surface area (Å²) in [6.07, 6.45) is 0.724. The number of hydrogen-bond donors (Lipinski definition) is 2. The van der Waals surface area contributed by atoms with Gasteiger partial charge in [0.15, 0.2) is 5.82 Å². The van der Waals surface area contributed by atoms with Crippen molar-refractivity contribution in [2.24, 2.45) is 0 Å². The Kier molecular flexibility index (Phi) is 7.55. The summed E-state index contributed by atoms with van der Waals surface area (Å²) >= 11 is 1.16. The number of nitrogens with one attached hydrogen (secondary N) is 2. The van der Waals surface area contributed by atoms with Crippen LogP contribution in [-0.4, -0.2) is 67.5 Å². The molecule has 1 aliphatic carbocycles. The fourth-order valence-electron chi connectivity index (χ4n) is 4.25. The molecule has 0 spiro atoms. The zero-order valence-electron chi connectivity index (χ0n) is 20.8. The van der Waals surface area contributed by atoms with E-state index in [-0.39, 0.29) is 23.2 Å². The van der Waals surface area contributed by atoms with Crippen LogP contribution < -0.4 is 15.5 Å². The average Bonchev–Trinajstić information content (AvgIpc) is 3.63. The van der Waals surface area contributed by atoms with Crippen LogP contribution in [0.15, 0.2) is 40.1 Å². The summed E-state index contributed by atoms with van der Waals surface area (Å²) in [5, 5.41) is 15.1. The SMILES string of the molecule is Cc1csc(S(=O)(=O)C2CC2c2cc(N3CCOCC3)nc(-c3ccc(NC(=O)NCCC#N)cc3)n2)n1. The Hall–Kier alpha value is -3.60. The van der Waals surface area contributed by atoms with Crippen LogP contribution in [0.5, 0.6) is 0 Å². The number of aromatic nitrogens is 3. The molecule has 2 N–H and O–H groups in total. The van der Waals surface area contributed by atoms with Crippen LogP contribution in [0.2, 0.25) is 0 Å². The van der Waals surface area contributed by atoms with E-state index in [0.717, 1.165) is 22.7 Å². The van der Waals surface area contributed by atoms with E-state index in [0.29, 0.717) is 55.6 Å². The van der Waals surface area contributed by atoms with E-state index in [1.54, 1.807) is 24.4 Å². The molecule has 2 amide bonds. The highest BCUT2D eigenvalue weighted by Gasteiger charge is 2.51. The van der Waals surface area contributed by atoms with E-state index < -0.39 is 21.1 Å². The number of morpholine rings is 1. The number of urea groups is 1. The summed E-state index contributed by atoms with van der Waals surface area (Å²) in [5.41, 5.74) is 2.71. The first-order valence-corrected chi connectivity index (χ1v) is 14.7. The standard InChI is InChI=1S/C25H27N7O4S2/c1-16-15-37-25(28-16)38(34,35)21-13-19(21)20-14-22(32-9-11-36-12-10-32)31-23(30-20)17-3-5-18(6-4-17)29-24(33)27-8-2-7-26/h3-6,14-15,19,21H,2,8-13H2,1H3,(H2,27,29,33). The summed E-state index contributed by atoms with van der Waals surface area (Å²) < 4.78 is 32.0. The van der Waals surface area contributed by atoms with E-state index in [2.05, 4.69) is 20.5 Å². The van der Waals surface area contributed by atoms with Crippen molar-refractivity contribution in [3.8, 4) is 17.5 Å². The van der Waals surface area contributed by atoms with E-state index in [1.165, 1.54) is 0 Å². The predicted molar refractivity (Wildman–Crippen MR) is 143 cm³/mol. The molecular weight excluding hydrogens is 526 g/mol. The average molecular weight is 554 g/mol. The lowest BCUT2D eigenvalue weighted by Gasteiger charge is -2.28. The second-order valence-corrected chi connectivity index (χ2v) is 12.3. The first-order valence-electron chi connectivity index (χ1n) is 12.2. The Labute approximate surface area is 224 Å². The minimum absolute atomic E-state index is 0.157. The van der Waals surface area contributed by atoms with Crippen LogP contribution in [0.1, 0.15) is 30.1 Å². The van der Waals surface area contributed by atoms with E-state index in [9.17, 15) is 13.2 Å². The molecule has 0 radical (unpaired) electrons. The topological polar surface area (TPSA) is 150 Å². The third-order valence-electron chi connectivity index (χ3n) is 6.34. The van der Waals surface area contributed by atoms with Gasteiger partial charge < -0.3 is 20.3 Å². The fraction of sp³-hybridized carbons (Fsp3) is 0.400. The number of thiazole rings is 1. The number of anilines is 2. The molecule has 5 rings (SSSR count). The van der Waals surface area contributed by atoms with Crippen LogP contribution in [-0.2, 0) is 14.6 Å². The van der Waals surface area contributed by atoms with Gasteiger partial charge in [-0.3, -0.25) is 0 Å². The van der Waals surface area contributed by atoms with Crippen LogP contribution in [0.3, 0.4) is 0 Å². The largest absolute Gasteiger partial charge is 0.378 e. The molecule has 2 atom stereocenters. The van der Waals surface area contributed by atoms with Crippen molar-refractivity contribution in [1.29, 1.82) is 5.26 Å². The summed E-state index contributed by atoms with van der Waals surface area (Å²) in [7, 11) is -3.53. The van der Waals surface area contributed by atoms with Crippen LogP contribution in [0, 0.1) is 18.3 Å². The van der Waals surface area contributed by atoms with Gasteiger partial charge >= 0.3 is 6.03 Å². The number of nitrogens with zero attached hydrogens (tertiary/aromatic N) is 5. The number of benzene rings is 1. The first kappa shape index (κ1) is 26.0. The molecule has 3 heterocycles. The maximum Gasteiger partial charge on any atom is 0.319 e. The van der Waals surface area contributed by atoms with Gasteiger partial charge in [0.2, 0.25) is 14.2 Å². The number of carbonyl (C=O) groups is 1. The zero-order chi connectivity index (χ0) is 26.7. The highest BCUT2D eigenvalue weighted by molar-refractivity contribution is 7.94. The smallest absolute Gasteiger partial charge is 0.319 e. The number of sulfone groups is 1. The second kappa shape index (κ2) is 11.0. The van der Waals surface area contributed by atoms with Gasteiger partial charge in [0, 0.05) is 53.9 Å². The molecule has 3 aromatic rings. The molecule has 198 valence electrons. The van der Waals surface area contributed by atoms with E-state index >= 15 is 0 Å². The monoisotopic (exact) mass is 553 g/mol. The predicted octanol–water partition coefficient (Wildman–Crippen LogP) is 3.11. The quantitative estimate of drug-likeness (QED) is 0.401. The molecular formula is C25H27N7O4S2. The number of amides is 2. The van der Waals surface area contributed by atoms with E-state index in [4.69, 9.17) is 20.0 Å². The molecule has 1 aliphatic heterocycles. The lowest BCUT2D eigenvalue weighted by molar-refractivity contribution is 0.122. The first-order chi connectivity index (χ1) is 18.3. The van der Waals surface area contributed by atoms with Gasteiger partial charge in [0.25, 0.3) is 0 Å². The van der Waals surface area contributed by atoms with Gasteiger partial charge in [-0.05, 0) is 37.6 Å². The Morgan fingerprint density at radius 2 is 1.97 bits per heavy atom. The highest BCUT2D eigenvalue weighted by atomic mass is 32.2. The number of hydrogen-bond acceptors (Lipinski definition) is 10. The summed E-state index contributed by atoms with van der Waals surface area (Å²) in [4.78, 5) is 27.9. The summed E-state index contributed by atoms with van der Waals surface area (Å²) in [6, 6.07) is 10.6. The summed E-state index contributed by atoms with van der Waals surface area (Å²) in [6.45, 7) is 4.61. The zero-order valence-corrected chi connectivity index (χ0v) is 22.4. The minimum Gasteiger partial charge on any atom is -0.378 e. The second-order valence-electron chi connectivity index (χ2n) is 9.12. The number of rotatable bonds is 8. The normalized spacial score (nSPS) is 19.0. The third-order valence-corrected chi connectivity index (χ3v) is 9.98. The number of carbonyl (C=O) groups excluding carboxylic acids is 1. The van der Waals surface area contributed by atoms with Gasteiger partial charge in [-0.2, -0.15) is 5.26 Å². The van der Waals surface area contributed by atoms with Crippen molar-refractivity contribution in [3.05, 3.63) is 47.1 Å². The molecule has 0 bridgehead atoms. The maximum atomic E-state index is 13.2. The van der Waals surface area contributed by atoms with Crippen molar-refractivity contribution in [2.45, 2.75) is 35.3 Å². The van der Waals surface area contributed by atoms with Gasteiger partial charge in [0.1, 0.15) is 5.82 Å². The van der Waals surface area contributed by atoms with Crippen molar-refractivity contribution >= 4 is 38.7 Å².